The summed E-state index contributed by atoms with van der Waals surface area (Å²) >= 11 is 5.89. The molecule has 0 unspecified atom stereocenters. The highest BCUT2D eigenvalue weighted by Crippen LogP contribution is 2.25. The quantitative estimate of drug-likeness (QED) is 0.661. The first-order valence-corrected chi connectivity index (χ1v) is 6.84. The highest BCUT2D eigenvalue weighted by atomic mass is 35.5. The summed E-state index contributed by atoms with van der Waals surface area (Å²) in [5.74, 6) is -0.329. The molecule has 2 aromatic carbocycles. The molecule has 2 aromatic rings. The number of anilines is 1. The Bertz CT molecular complexity index is 784. The van der Waals surface area contributed by atoms with E-state index in [-0.39, 0.29) is 11.4 Å². The van der Waals surface area contributed by atoms with Crippen molar-refractivity contribution in [3.8, 4) is 5.75 Å². The van der Waals surface area contributed by atoms with Gasteiger partial charge in [-0.2, -0.15) is 0 Å². The Hall–Kier alpha value is -2.79. The minimum Gasteiger partial charge on any atom is -0.508 e. The molecule has 2 N–H and O–H groups in total. The van der Waals surface area contributed by atoms with Crippen molar-refractivity contribution >= 4 is 35.3 Å². The summed E-state index contributed by atoms with van der Waals surface area (Å²) in [5.41, 5.74) is 1.26. The highest BCUT2D eigenvalue weighted by Gasteiger charge is 2.34. The van der Waals surface area contributed by atoms with Crippen molar-refractivity contribution in [1.29, 1.82) is 0 Å². The molecule has 1 aliphatic heterocycles. The fourth-order valence-electron chi connectivity index (χ4n) is 2.12. The zero-order chi connectivity index (χ0) is 15.7. The van der Waals surface area contributed by atoms with Crippen molar-refractivity contribution in [2.75, 3.05) is 4.90 Å². The number of benzene rings is 2. The van der Waals surface area contributed by atoms with E-state index in [9.17, 15) is 14.7 Å². The number of phenols is 1. The van der Waals surface area contributed by atoms with E-state index in [1.54, 1.807) is 42.5 Å². The third-order valence-corrected chi connectivity index (χ3v) is 3.38. The summed E-state index contributed by atoms with van der Waals surface area (Å²) in [5, 5.41) is 12.2. The van der Waals surface area contributed by atoms with Gasteiger partial charge >= 0.3 is 6.03 Å². The lowest BCUT2D eigenvalue weighted by atomic mass is 10.2. The van der Waals surface area contributed by atoms with Crippen molar-refractivity contribution in [2.45, 2.75) is 0 Å². The van der Waals surface area contributed by atoms with Crippen LogP contribution in [-0.2, 0) is 4.79 Å². The average molecular weight is 315 g/mol. The van der Waals surface area contributed by atoms with Crippen LogP contribution in [0.4, 0.5) is 10.5 Å². The van der Waals surface area contributed by atoms with Gasteiger partial charge in [0.1, 0.15) is 11.4 Å². The Morgan fingerprint density at radius 2 is 1.82 bits per heavy atom. The first-order chi connectivity index (χ1) is 10.5. The topological polar surface area (TPSA) is 69.6 Å². The Labute approximate surface area is 131 Å². The summed E-state index contributed by atoms with van der Waals surface area (Å²) < 4.78 is 0. The van der Waals surface area contributed by atoms with Gasteiger partial charge in [-0.3, -0.25) is 4.79 Å². The molecule has 6 heteroatoms. The van der Waals surface area contributed by atoms with Crippen LogP contribution in [-0.4, -0.2) is 17.0 Å². The first kappa shape index (κ1) is 14.2. The van der Waals surface area contributed by atoms with Crippen LogP contribution in [0, 0.1) is 0 Å². The predicted octanol–water partition coefficient (Wildman–Crippen LogP) is 3.14. The van der Waals surface area contributed by atoms with Gasteiger partial charge in [0.15, 0.2) is 0 Å². The van der Waals surface area contributed by atoms with Crippen LogP contribution in [0.15, 0.2) is 54.2 Å². The monoisotopic (exact) mass is 314 g/mol. The zero-order valence-electron chi connectivity index (χ0n) is 11.3. The number of nitrogens with zero attached hydrogens (tertiary/aromatic N) is 1. The van der Waals surface area contributed by atoms with E-state index >= 15 is 0 Å². The van der Waals surface area contributed by atoms with Crippen molar-refractivity contribution in [3.63, 3.8) is 0 Å². The number of carbonyl (C=O) groups excluding carboxylic acids is 2. The Kier molecular flexibility index (Phi) is 3.56. The lowest BCUT2D eigenvalue weighted by Crippen LogP contribution is -2.30. The van der Waals surface area contributed by atoms with E-state index in [4.69, 9.17) is 11.6 Å². The smallest absolute Gasteiger partial charge is 0.333 e. The number of phenolic OH excluding ortho intramolecular Hbond substituents is 1. The molecule has 0 radical (unpaired) electrons. The predicted molar refractivity (Wildman–Crippen MR) is 83.6 cm³/mol. The lowest BCUT2D eigenvalue weighted by Gasteiger charge is -2.11. The number of urea groups is 1. The molecule has 3 amide bonds. The Morgan fingerprint density at radius 3 is 2.50 bits per heavy atom. The number of hydrogen-bond donors (Lipinski definition) is 2. The normalized spacial score (nSPS) is 16.2. The van der Waals surface area contributed by atoms with Gasteiger partial charge in [-0.25, -0.2) is 9.69 Å². The van der Waals surface area contributed by atoms with E-state index in [1.807, 2.05) is 0 Å². The minimum absolute atomic E-state index is 0.129. The maximum Gasteiger partial charge on any atom is 0.333 e. The lowest BCUT2D eigenvalue weighted by molar-refractivity contribution is -0.113. The molecule has 0 aliphatic carbocycles. The summed E-state index contributed by atoms with van der Waals surface area (Å²) in [7, 11) is 0. The summed E-state index contributed by atoms with van der Waals surface area (Å²) in [6.07, 6.45) is 1.55. The van der Waals surface area contributed by atoms with Crippen molar-refractivity contribution in [1.82, 2.24) is 5.32 Å². The molecule has 1 heterocycles. The molecular weight excluding hydrogens is 304 g/mol. The molecule has 110 valence electrons. The second kappa shape index (κ2) is 5.54. The molecule has 0 spiro atoms. The van der Waals surface area contributed by atoms with Crippen LogP contribution in [0.25, 0.3) is 6.08 Å². The molecule has 0 bridgehead atoms. The second-order valence-corrected chi connectivity index (χ2v) is 5.14. The third kappa shape index (κ3) is 2.66. The molecule has 0 atom stereocenters. The SMILES string of the molecule is O=C1N/C(=C\c2ccc(O)cc2)C(=O)N1c1cccc(Cl)c1. The minimum atomic E-state index is -0.530. The van der Waals surface area contributed by atoms with Gasteiger partial charge in [-0.05, 0) is 42.0 Å². The maximum atomic E-state index is 12.4. The number of aromatic hydroxyl groups is 1. The summed E-state index contributed by atoms with van der Waals surface area (Å²) in [6.45, 7) is 0. The van der Waals surface area contributed by atoms with Gasteiger partial charge in [-0.1, -0.05) is 29.8 Å². The standard InChI is InChI=1S/C16H11ClN2O3/c17-11-2-1-3-12(9-11)19-15(21)14(18-16(19)22)8-10-4-6-13(20)7-5-10/h1-9,20H,(H,18,22)/b14-8-. The van der Waals surface area contributed by atoms with Crippen molar-refractivity contribution < 1.29 is 14.7 Å². The largest absolute Gasteiger partial charge is 0.508 e. The fraction of sp³-hybridized carbons (Fsp3) is 0. The van der Waals surface area contributed by atoms with E-state index in [0.29, 0.717) is 16.3 Å². The van der Waals surface area contributed by atoms with E-state index < -0.39 is 11.9 Å². The highest BCUT2D eigenvalue weighted by molar-refractivity contribution is 6.32. The van der Waals surface area contributed by atoms with Crippen molar-refractivity contribution in [2.24, 2.45) is 0 Å². The third-order valence-electron chi connectivity index (χ3n) is 3.15. The van der Waals surface area contributed by atoms with Gasteiger partial charge in [0.25, 0.3) is 5.91 Å². The van der Waals surface area contributed by atoms with Gasteiger partial charge in [0.2, 0.25) is 0 Å². The maximum absolute atomic E-state index is 12.4. The van der Waals surface area contributed by atoms with Crippen LogP contribution in [0.2, 0.25) is 5.02 Å². The van der Waals surface area contributed by atoms with Crippen molar-refractivity contribution in [3.05, 3.63) is 64.8 Å². The number of carbonyl (C=O) groups is 2. The Morgan fingerprint density at radius 1 is 1.09 bits per heavy atom. The molecule has 3 rings (SSSR count). The van der Waals surface area contributed by atoms with Crippen LogP contribution >= 0.6 is 11.6 Å². The van der Waals surface area contributed by atoms with Crippen LogP contribution in [0.1, 0.15) is 5.56 Å². The molecule has 0 saturated carbocycles. The van der Waals surface area contributed by atoms with Crippen LogP contribution in [0.5, 0.6) is 5.75 Å². The fourth-order valence-corrected chi connectivity index (χ4v) is 2.31. The molecule has 1 aliphatic rings. The molecular formula is C16H11ClN2O3. The van der Waals surface area contributed by atoms with Gasteiger partial charge in [0.05, 0.1) is 5.69 Å². The van der Waals surface area contributed by atoms with E-state index in [0.717, 1.165) is 4.90 Å². The number of amides is 3. The number of imide groups is 1. The van der Waals surface area contributed by atoms with Gasteiger partial charge in [0, 0.05) is 5.02 Å². The van der Waals surface area contributed by atoms with Gasteiger partial charge in [-0.15, -0.1) is 0 Å². The average Bonchev–Trinajstić information content (AvgIpc) is 2.76. The summed E-state index contributed by atoms with van der Waals surface area (Å²) in [6, 6.07) is 12.3. The summed E-state index contributed by atoms with van der Waals surface area (Å²) in [4.78, 5) is 25.4. The van der Waals surface area contributed by atoms with Crippen LogP contribution < -0.4 is 10.2 Å². The van der Waals surface area contributed by atoms with E-state index in [1.165, 1.54) is 12.1 Å². The molecule has 1 fully saturated rings. The molecule has 5 nitrogen and oxygen atoms in total. The number of nitrogens with one attached hydrogen (secondary N) is 1. The molecule has 22 heavy (non-hydrogen) atoms. The molecule has 1 saturated heterocycles. The number of rotatable bonds is 2. The number of hydrogen-bond acceptors (Lipinski definition) is 3. The Balaban J connectivity index is 1.93. The van der Waals surface area contributed by atoms with E-state index in [2.05, 4.69) is 5.32 Å². The van der Waals surface area contributed by atoms with Crippen LogP contribution in [0.3, 0.4) is 0 Å². The first-order valence-electron chi connectivity index (χ1n) is 6.46. The molecule has 0 aromatic heterocycles. The number of halogens is 1. The zero-order valence-corrected chi connectivity index (χ0v) is 12.0. The van der Waals surface area contributed by atoms with Gasteiger partial charge < -0.3 is 10.4 Å². The second-order valence-electron chi connectivity index (χ2n) is 4.70.